The number of hydrogen-bond acceptors (Lipinski definition) is 4. The molecule has 1 aliphatic heterocycles. The van der Waals surface area contributed by atoms with Crippen LogP contribution in [0.25, 0.3) is 6.08 Å². The molecule has 1 aromatic carbocycles. The monoisotopic (exact) mass is 291 g/mol. The molecule has 5 heteroatoms. The van der Waals surface area contributed by atoms with Crippen LogP contribution in [-0.2, 0) is 16.0 Å². The molecule has 1 heterocycles. The smallest absolute Gasteiger partial charge is 0.244 e. The van der Waals surface area contributed by atoms with E-state index in [0.29, 0.717) is 13.0 Å². The summed E-state index contributed by atoms with van der Waals surface area (Å²) in [5.74, 6) is 0.764. The van der Waals surface area contributed by atoms with Crippen molar-refractivity contribution in [3.8, 4) is 5.75 Å². The number of methoxy groups -OCH3 is 1. The highest BCUT2D eigenvalue weighted by Crippen LogP contribution is 2.26. The molecule has 0 saturated heterocycles. The van der Waals surface area contributed by atoms with Crippen molar-refractivity contribution >= 4 is 12.0 Å². The van der Waals surface area contributed by atoms with Gasteiger partial charge >= 0.3 is 0 Å². The van der Waals surface area contributed by atoms with Crippen LogP contribution < -0.4 is 10.1 Å². The summed E-state index contributed by atoms with van der Waals surface area (Å²) in [6, 6.07) is 5.89. The van der Waals surface area contributed by atoms with E-state index in [9.17, 15) is 9.90 Å². The third kappa shape index (κ3) is 4.88. The zero-order chi connectivity index (χ0) is 15.1. The summed E-state index contributed by atoms with van der Waals surface area (Å²) in [6.07, 6.45) is 4.13. The van der Waals surface area contributed by atoms with Crippen LogP contribution in [0.4, 0.5) is 0 Å². The van der Waals surface area contributed by atoms with Gasteiger partial charge in [0.25, 0.3) is 0 Å². The normalized spacial score (nSPS) is 14.8. The van der Waals surface area contributed by atoms with E-state index in [4.69, 9.17) is 9.47 Å². The van der Waals surface area contributed by atoms with Gasteiger partial charge in [-0.05, 0) is 35.8 Å². The Hall–Kier alpha value is -1.85. The van der Waals surface area contributed by atoms with Gasteiger partial charge in [0, 0.05) is 26.2 Å². The average Bonchev–Trinajstić information content (AvgIpc) is 2.93. The highest BCUT2D eigenvalue weighted by molar-refractivity contribution is 5.91. The fraction of sp³-hybridized carbons (Fsp3) is 0.438. The maximum Gasteiger partial charge on any atom is 0.244 e. The van der Waals surface area contributed by atoms with Crippen molar-refractivity contribution < 1.29 is 19.4 Å². The Balaban J connectivity index is 1.77. The number of fused-ring (bicyclic) bond motifs is 1. The summed E-state index contributed by atoms with van der Waals surface area (Å²) >= 11 is 0. The molecule has 0 spiro atoms. The van der Waals surface area contributed by atoms with Gasteiger partial charge in [0.05, 0.1) is 19.3 Å². The zero-order valence-corrected chi connectivity index (χ0v) is 12.2. The molecule has 1 atom stereocenters. The van der Waals surface area contributed by atoms with E-state index in [-0.39, 0.29) is 12.5 Å². The van der Waals surface area contributed by atoms with Gasteiger partial charge in [0.2, 0.25) is 5.91 Å². The van der Waals surface area contributed by atoms with Gasteiger partial charge in [-0.1, -0.05) is 6.07 Å². The lowest BCUT2D eigenvalue weighted by Gasteiger charge is -2.08. The molecule has 0 aliphatic carbocycles. The van der Waals surface area contributed by atoms with Crippen LogP contribution in [0.2, 0.25) is 0 Å². The van der Waals surface area contributed by atoms with Crippen molar-refractivity contribution in [2.75, 3.05) is 26.9 Å². The number of amides is 1. The first-order valence-corrected chi connectivity index (χ1v) is 7.07. The third-order valence-corrected chi connectivity index (χ3v) is 3.28. The Morgan fingerprint density at radius 2 is 2.43 bits per heavy atom. The Morgan fingerprint density at radius 1 is 1.57 bits per heavy atom. The standard InChI is InChI=1S/C16H21NO4/c1-20-11-14(18)6-8-17-16(19)5-3-12-2-4-15-13(10-12)7-9-21-15/h2-5,10,14,18H,6-9,11H2,1H3,(H,17,19)/b5-3+. The minimum Gasteiger partial charge on any atom is -0.493 e. The van der Waals surface area contributed by atoms with Crippen LogP contribution in [0.1, 0.15) is 17.5 Å². The minimum atomic E-state index is -0.545. The molecule has 0 saturated carbocycles. The summed E-state index contributed by atoms with van der Waals surface area (Å²) in [5, 5.41) is 12.2. The molecule has 0 aromatic heterocycles. The molecule has 1 amide bonds. The number of benzene rings is 1. The molecule has 5 nitrogen and oxygen atoms in total. The lowest BCUT2D eigenvalue weighted by molar-refractivity contribution is -0.116. The van der Waals surface area contributed by atoms with Gasteiger partial charge in [0.1, 0.15) is 5.75 Å². The molecule has 1 unspecified atom stereocenters. The van der Waals surface area contributed by atoms with E-state index in [2.05, 4.69) is 5.32 Å². The van der Waals surface area contributed by atoms with Crippen molar-refractivity contribution in [3.63, 3.8) is 0 Å². The molecule has 2 N–H and O–H groups in total. The second kappa shape index (κ2) is 7.81. The largest absolute Gasteiger partial charge is 0.493 e. The Bertz CT molecular complexity index is 513. The average molecular weight is 291 g/mol. The topological polar surface area (TPSA) is 67.8 Å². The second-order valence-electron chi connectivity index (χ2n) is 4.99. The predicted molar refractivity (Wildman–Crippen MR) is 80.2 cm³/mol. The minimum absolute atomic E-state index is 0.170. The maximum absolute atomic E-state index is 11.7. The number of nitrogens with one attached hydrogen (secondary N) is 1. The quantitative estimate of drug-likeness (QED) is 0.740. The molecule has 114 valence electrons. The van der Waals surface area contributed by atoms with Gasteiger partial charge in [-0.2, -0.15) is 0 Å². The Kier molecular flexibility index (Phi) is 5.78. The molecule has 0 fully saturated rings. The number of rotatable bonds is 7. The molecule has 0 radical (unpaired) electrons. The van der Waals surface area contributed by atoms with E-state index >= 15 is 0 Å². The van der Waals surface area contributed by atoms with Crippen LogP contribution in [0.15, 0.2) is 24.3 Å². The Morgan fingerprint density at radius 3 is 3.24 bits per heavy atom. The lowest BCUT2D eigenvalue weighted by atomic mass is 10.1. The lowest BCUT2D eigenvalue weighted by Crippen LogP contribution is -2.27. The summed E-state index contributed by atoms with van der Waals surface area (Å²) in [7, 11) is 1.53. The van der Waals surface area contributed by atoms with E-state index in [1.54, 1.807) is 6.08 Å². The second-order valence-corrected chi connectivity index (χ2v) is 4.99. The predicted octanol–water partition coefficient (Wildman–Crippen LogP) is 1.15. The Labute approximate surface area is 124 Å². The van der Waals surface area contributed by atoms with Crippen LogP contribution >= 0.6 is 0 Å². The number of carbonyl (C=O) groups is 1. The third-order valence-electron chi connectivity index (χ3n) is 3.28. The van der Waals surface area contributed by atoms with E-state index in [1.165, 1.54) is 18.7 Å². The van der Waals surface area contributed by atoms with Crippen LogP contribution in [0.5, 0.6) is 5.75 Å². The van der Waals surface area contributed by atoms with E-state index in [0.717, 1.165) is 24.3 Å². The molecule has 2 rings (SSSR count). The van der Waals surface area contributed by atoms with Crippen molar-refractivity contribution in [1.29, 1.82) is 0 Å². The summed E-state index contributed by atoms with van der Waals surface area (Å²) < 4.78 is 10.3. The first kappa shape index (κ1) is 15.5. The van der Waals surface area contributed by atoms with Crippen molar-refractivity contribution in [3.05, 3.63) is 35.4 Å². The number of hydrogen-bond donors (Lipinski definition) is 2. The fourth-order valence-electron chi connectivity index (χ4n) is 2.18. The number of aliphatic hydroxyl groups excluding tert-OH is 1. The van der Waals surface area contributed by atoms with Gasteiger partial charge in [-0.25, -0.2) is 0 Å². The van der Waals surface area contributed by atoms with Gasteiger partial charge in [-0.15, -0.1) is 0 Å². The molecule has 21 heavy (non-hydrogen) atoms. The SMILES string of the molecule is COCC(O)CCNC(=O)/C=C/c1ccc2c(c1)CCO2. The van der Waals surface area contributed by atoms with Crippen molar-refractivity contribution in [1.82, 2.24) is 5.32 Å². The molecule has 1 aromatic rings. The van der Waals surface area contributed by atoms with Crippen molar-refractivity contribution in [2.24, 2.45) is 0 Å². The summed E-state index contributed by atoms with van der Waals surface area (Å²) in [6.45, 7) is 1.43. The first-order chi connectivity index (χ1) is 10.2. The van der Waals surface area contributed by atoms with Crippen LogP contribution in [-0.4, -0.2) is 44.0 Å². The van der Waals surface area contributed by atoms with Gasteiger partial charge < -0.3 is 19.9 Å². The van der Waals surface area contributed by atoms with E-state index < -0.39 is 6.10 Å². The highest BCUT2D eigenvalue weighted by atomic mass is 16.5. The van der Waals surface area contributed by atoms with Crippen molar-refractivity contribution in [2.45, 2.75) is 18.9 Å². The number of carbonyl (C=O) groups excluding carboxylic acids is 1. The number of ether oxygens (including phenoxy) is 2. The molecular formula is C16H21NO4. The highest BCUT2D eigenvalue weighted by Gasteiger charge is 2.11. The van der Waals surface area contributed by atoms with Gasteiger partial charge in [-0.3, -0.25) is 4.79 Å². The summed E-state index contributed by atoms with van der Waals surface area (Å²) in [4.78, 5) is 11.7. The fourth-order valence-corrected chi connectivity index (χ4v) is 2.18. The summed E-state index contributed by atoms with van der Waals surface area (Å²) in [5.41, 5.74) is 2.16. The zero-order valence-electron chi connectivity index (χ0n) is 12.2. The van der Waals surface area contributed by atoms with Crippen LogP contribution in [0, 0.1) is 0 Å². The maximum atomic E-state index is 11.7. The van der Waals surface area contributed by atoms with E-state index in [1.807, 2.05) is 18.2 Å². The first-order valence-electron chi connectivity index (χ1n) is 7.07. The molecule has 0 bridgehead atoms. The van der Waals surface area contributed by atoms with Crippen LogP contribution in [0.3, 0.4) is 0 Å². The van der Waals surface area contributed by atoms with Gasteiger partial charge in [0.15, 0.2) is 0 Å². The number of aliphatic hydroxyl groups is 1. The molecule has 1 aliphatic rings. The molecular weight excluding hydrogens is 270 g/mol.